The average molecular weight is 287 g/mol. The van der Waals surface area contributed by atoms with Crippen LogP contribution >= 0.6 is 0 Å². The molecule has 0 bridgehead atoms. The highest BCUT2D eigenvalue weighted by atomic mass is 16.6. The van der Waals surface area contributed by atoms with Gasteiger partial charge in [-0.05, 0) is 12.5 Å². The van der Waals surface area contributed by atoms with Gasteiger partial charge in [-0.2, -0.15) is 0 Å². The molecule has 0 unspecified atom stereocenters. The number of aliphatic imine (C=N–C) groups is 1. The number of hydrogen-bond donors (Lipinski definition) is 0. The van der Waals surface area contributed by atoms with Crippen molar-refractivity contribution in [1.29, 1.82) is 0 Å². The first-order chi connectivity index (χ1) is 10.2. The zero-order valence-electron chi connectivity index (χ0n) is 12.4. The fourth-order valence-electron chi connectivity index (χ4n) is 2.19. The van der Waals surface area contributed by atoms with Crippen molar-refractivity contribution in [3.8, 4) is 0 Å². The summed E-state index contributed by atoms with van der Waals surface area (Å²) in [6.07, 6.45) is 1.46. The summed E-state index contributed by atoms with van der Waals surface area (Å²) in [5.41, 5.74) is 0.996. The molecule has 5 heteroatoms. The Morgan fingerprint density at radius 2 is 1.86 bits per heavy atom. The summed E-state index contributed by atoms with van der Waals surface area (Å²) in [6.45, 7) is 8.81. The zero-order valence-corrected chi connectivity index (χ0v) is 12.4. The molecule has 1 aliphatic heterocycles. The number of rotatable bonds is 4. The smallest absolute Gasteiger partial charge is 0.410 e. The third-order valence-electron chi connectivity index (χ3n) is 3.39. The van der Waals surface area contributed by atoms with Gasteiger partial charge < -0.3 is 14.5 Å². The largest absolute Gasteiger partial charge is 0.445 e. The van der Waals surface area contributed by atoms with Crippen LogP contribution in [0.1, 0.15) is 12.5 Å². The molecule has 1 amide bonds. The summed E-state index contributed by atoms with van der Waals surface area (Å²) in [5, 5.41) is 0. The summed E-state index contributed by atoms with van der Waals surface area (Å²) in [5.74, 6) is 0.745. The Morgan fingerprint density at radius 3 is 2.48 bits per heavy atom. The molecule has 0 aromatic heterocycles. The second-order valence-electron chi connectivity index (χ2n) is 4.82. The number of ether oxygens (including phenoxy) is 1. The van der Waals surface area contributed by atoms with E-state index in [1.165, 1.54) is 0 Å². The molecule has 1 aliphatic rings. The van der Waals surface area contributed by atoms with E-state index in [-0.39, 0.29) is 6.09 Å². The van der Waals surface area contributed by atoms with Crippen molar-refractivity contribution in [3.63, 3.8) is 0 Å². The first kappa shape index (κ1) is 15.1. The van der Waals surface area contributed by atoms with Crippen LogP contribution in [0.15, 0.2) is 47.7 Å². The predicted molar refractivity (Wildman–Crippen MR) is 83.1 cm³/mol. The minimum Gasteiger partial charge on any atom is -0.445 e. The van der Waals surface area contributed by atoms with Crippen molar-refractivity contribution in [2.45, 2.75) is 13.5 Å². The van der Waals surface area contributed by atoms with E-state index in [1.54, 1.807) is 11.1 Å². The molecule has 1 aromatic carbocycles. The molecule has 1 heterocycles. The molecule has 0 radical (unpaired) electrons. The molecule has 1 aromatic rings. The third kappa shape index (κ3) is 4.34. The van der Waals surface area contributed by atoms with E-state index in [2.05, 4.69) is 16.5 Å². The van der Waals surface area contributed by atoms with E-state index >= 15 is 0 Å². The van der Waals surface area contributed by atoms with Crippen molar-refractivity contribution in [1.82, 2.24) is 9.80 Å². The molecule has 21 heavy (non-hydrogen) atoms. The normalized spacial score (nSPS) is 15.3. The number of benzene rings is 1. The second kappa shape index (κ2) is 7.47. The number of amides is 1. The molecular weight excluding hydrogens is 266 g/mol. The Hall–Kier alpha value is -2.30. The van der Waals surface area contributed by atoms with E-state index in [0.717, 1.165) is 24.5 Å². The highest BCUT2D eigenvalue weighted by Crippen LogP contribution is 2.10. The van der Waals surface area contributed by atoms with E-state index in [0.29, 0.717) is 19.7 Å². The Bertz CT molecular complexity index is 506. The van der Waals surface area contributed by atoms with Crippen LogP contribution in [0.3, 0.4) is 0 Å². The molecule has 2 rings (SSSR count). The Labute approximate surface area is 125 Å². The summed E-state index contributed by atoms with van der Waals surface area (Å²) >= 11 is 0. The monoisotopic (exact) mass is 287 g/mol. The predicted octanol–water partition coefficient (Wildman–Crippen LogP) is 2.50. The first-order valence-electron chi connectivity index (χ1n) is 7.09. The Morgan fingerprint density at radius 1 is 1.24 bits per heavy atom. The van der Waals surface area contributed by atoms with Gasteiger partial charge >= 0.3 is 6.09 Å². The first-order valence-corrected chi connectivity index (χ1v) is 7.09. The van der Waals surface area contributed by atoms with Gasteiger partial charge in [0, 0.05) is 32.4 Å². The minimum absolute atomic E-state index is 0.261. The maximum absolute atomic E-state index is 12.0. The number of carbonyl (C=O) groups is 1. The summed E-state index contributed by atoms with van der Waals surface area (Å²) < 4.78 is 5.33. The van der Waals surface area contributed by atoms with E-state index in [4.69, 9.17) is 4.74 Å². The number of nitrogens with zero attached hydrogens (tertiary/aromatic N) is 3. The lowest BCUT2D eigenvalue weighted by Gasteiger charge is -2.35. The lowest BCUT2D eigenvalue weighted by Crippen LogP contribution is -2.48. The second-order valence-corrected chi connectivity index (χ2v) is 4.82. The van der Waals surface area contributed by atoms with Crippen LogP contribution in [0, 0.1) is 0 Å². The van der Waals surface area contributed by atoms with Crippen molar-refractivity contribution in [2.75, 3.05) is 26.2 Å². The van der Waals surface area contributed by atoms with E-state index in [1.807, 2.05) is 37.3 Å². The Balaban J connectivity index is 1.77. The highest BCUT2D eigenvalue weighted by molar-refractivity contribution is 5.67. The fraction of sp³-hybridized carbons (Fsp3) is 0.375. The third-order valence-corrected chi connectivity index (χ3v) is 3.39. The molecule has 0 saturated carbocycles. The van der Waals surface area contributed by atoms with Gasteiger partial charge in [0.15, 0.2) is 0 Å². The molecule has 0 spiro atoms. The molecule has 1 saturated heterocycles. The zero-order chi connectivity index (χ0) is 15.1. The molecule has 112 valence electrons. The standard InChI is InChI=1S/C16H21N3O2/c1-3-17-14(2)18-9-11-19(12-10-18)16(20)21-13-15-7-5-4-6-8-15/h3-8H,2,9-13H2,1H3. The van der Waals surface area contributed by atoms with Gasteiger partial charge in [0.25, 0.3) is 0 Å². The molecule has 1 fully saturated rings. The van der Waals surface area contributed by atoms with Crippen molar-refractivity contribution in [2.24, 2.45) is 4.99 Å². The lowest BCUT2D eigenvalue weighted by atomic mass is 10.2. The van der Waals surface area contributed by atoms with Gasteiger partial charge in [0.1, 0.15) is 12.4 Å². The maximum Gasteiger partial charge on any atom is 0.410 e. The van der Waals surface area contributed by atoms with Gasteiger partial charge in [-0.3, -0.25) is 0 Å². The number of hydrogen-bond acceptors (Lipinski definition) is 4. The number of carbonyl (C=O) groups excluding carboxylic acids is 1. The molecule has 5 nitrogen and oxygen atoms in total. The highest BCUT2D eigenvalue weighted by Gasteiger charge is 2.22. The van der Waals surface area contributed by atoms with Crippen molar-refractivity contribution in [3.05, 3.63) is 48.3 Å². The van der Waals surface area contributed by atoms with Crippen LogP contribution in [-0.4, -0.2) is 48.3 Å². The number of piperazine rings is 1. The van der Waals surface area contributed by atoms with Gasteiger partial charge in [0.05, 0.1) is 0 Å². The molecule has 0 N–H and O–H groups in total. The maximum atomic E-state index is 12.0. The minimum atomic E-state index is -0.261. The van der Waals surface area contributed by atoms with Gasteiger partial charge in [0.2, 0.25) is 0 Å². The van der Waals surface area contributed by atoms with Crippen LogP contribution in [0.2, 0.25) is 0 Å². The van der Waals surface area contributed by atoms with E-state index in [9.17, 15) is 4.79 Å². The van der Waals surface area contributed by atoms with Crippen LogP contribution in [0.5, 0.6) is 0 Å². The van der Waals surface area contributed by atoms with Crippen LogP contribution in [-0.2, 0) is 11.3 Å². The van der Waals surface area contributed by atoms with Crippen molar-refractivity contribution < 1.29 is 9.53 Å². The van der Waals surface area contributed by atoms with Gasteiger partial charge in [-0.15, -0.1) is 0 Å². The average Bonchev–Trinajstić information content (AvgIpc) is 2.54. The van der Waals surface area contributed by atoms with Gasteiger partial charge in [-0.25, -0.2) is 9.79 Å². The van der Waals surface area contributed by atoms with Crippen molar-refractivity contribution >= 4 is 12.3 Å². The topological polar surface area (TPSA) is 45.1 Å². The van der Waals surface area contributed by atoms with Gasteiger partial charge in [-0.1, -0.05) is 36.9 Å². The SMILES string of the molecule is C=C(N=CC)N1CCN(C(=O)OCc2ccccc2)CC1. The quantitative estimate of drug-likeness (QED) is 0.799. The molecular formula is C16H21N3O2. The van der Waals surface area contributed by atoms with Crippen LogP contribution in [0.4, 0.5) is 4.79 Å². The summed E-state index contributed by atoms with van der Waals surface area (Å²) in [4.78, 5) is 20.0. The van der Waals surface area contributed by atoms with Crippen LogP contribution in [0.25, 0.3) is 0 Å². The van der Waals surface area contributed by atoms with Crippen LogP contribution < -0.4 is 0 Å². The molecule has 0 aliphatic carbocycles. The summed E-state index contributed by atoms with van der Waals surface area (Å²) in [6, 6.07) is 9.69. The fourth-order valence-corrected chi connectivity index (χ4v) is 2.19. The van der Waals surface area contributed by atoms with E-state index < -0.39 is 0 Å². The lowest BCUT2D eigenvalue weighted by molar-refractivity contribution is 0.0779. The Kier molecular flexibility index (Phi) is 5.37. The summed E-state index contributed by atoms with van der Waals surface area (Å²) in [7, 11) is 0. The molecule has 0 atom stereocenters.